The maximum atomic E-state index is 11.8. The lowest BCUT2D eigenvalue weighted by Crippen LogP contribution is -2.17. The predicted molar refractivity (Wildman–Crippen MR) is 131 cm³/mol. The molecule has 0 atom stereocenters. The van der Waals surface area contributed by atoms with Crippen LogP contribution < -0.4 is 20.1 Å². The molecule has 0 bridgehead atoms. The Morgan fingerprint density at radius 3 is 2.28 bits per heavy atom. The molecular formula is C26H29ClN2O3. The SMILES string of the molecule is CCOc1cc(CNc2ccc(NC(=O)C(C)C)cc2)cc(Cl)c1OCc1ccccc1. The summed E-state index contributed by atoms with van der Waals surface area (Å²) in [7, 11) is 0. The molecule has 0 saturated heterocycles. The van der Waals surface area contributed by atoms with Crippen LogP contribution in [-0.2, 0) is 17.9 Å². The highest BCUT2D eigenvalue weighted by Crippen LogP contribution is 2.37. The molecule has 5 nitrogen and oxygen atoms in total. The average Bonchev–Trinajstić information content (AvgIpc) is 2.79. The zero-order chi connectivity index (χ0) is 22.9. The molecule has 0 saturated carbocycles. The number of rotatable bonds is 10. The van der Waals surface area contributed by atoms with Crippen molar-refractivity contribution in [3.8, 4) is 11.5 Å². The summed E-state index contributed by atoms with van der Waals surface area (Å²) in [6.45, 7) is 7.15. The van der Waals surface area contributed by atoms with Gasteiger partial charge in [0.25, 0.3) is 0 Å². The minimum atomic E-state index is -0.0586. The van der Waals surface area contributed by atoms with Crippen molar-refractivity contribution in [3.63, 3.8) is 0 Å². The van der Waals surface area contributed by atoms with Gasteiger partial charge in [-0.25, -0.2) is 0 Å². The van der Waals surface area contributed by atoms with E-state index in [-0.39, 0.29) is 11.8 Å². The van der Waals surface area contributed by atoms with Crippen molar-refractivity contribution in [2.24, 2.45) is 5.92 Å². The number of anilines is 2. The zero-order valence-corrected chi connectivity index (χ0v) is 19.4. The Kier molecular flexibility index (Phi) is 8.40. The Bertz CT molecular complexity index is 1020. The van der Waals surface area contributed by atoms with Crippen LogP contribution in [0.25, 0.3) is 0 Å². The van der Waals surface area contributed by atoms with Crippen LogP contribution in [0.1, 0.15) is 31.9 Å². The number of ether oxygens (including phenoxy) is 2. The lowest BCUT2D eigenvalue weighted by Gasteiger charge is -2.16. The molecular weight excluding hydrogens is 424 g/mol. The van der Waals surface area contributed by atoms with Crippen LogP contribution >= 0.6 is 11.6 Å². The van der Waals surface area contributed by atoms with Crippen LogP contribution in [0.3, 0.4) is 0 Å². The first-order valence-electron chi connectivity index (χ1n) is 10.7. The smallest absolute Gasteiger partial charge is 0.226 e. The quantitative estimate of drug-likeness (QED) is 0.367. The molecule has 0 aliphatic carbocycles. The number of hydrogen-bond acceptors (Lipinski definition) is 4. The first kappa shape index (κ1) is 23.5. The van der Waals surface area contributed by atoms with Gasteiger partial charge in [-0.2, -0.15) is 0 Å². The van der Waals surface area contributed by atoms with Gasteiger partial charge in [-0.1, -0.05) is 55.8 Å². The van der Waals surface area contributed by atoms with E-state index in [1.54, 1.807) is 0 Å². The van der Waals surface area contributed by atoms with Gasteiger partial charge < -0.3 is 20.1 Å². The third-order valence-electron chi connectivity index (χ3n) is 4.77. The van der Waals surface area contributed by atoms with E-state index in [0.29, 0.717) is 36.3 Å². The van der Waals surface area contributed by atoms with Crippen molar-refractivity contribution in [3.05, 3.63) is 82.9 Å². The molecule has 168 valence electrons. The summed E-state index contributed by atoms with van der Waals surface area (Å²) in [5.41, 5.74) is 3.74. The molecule has 0 aromatic heterocycles. The molecule has 32 heavy (non-hydrogen) atoms. The second-order valence-electron chi connectivity index (χ2n) is 7.69. The zero-order valence-electron chi connectivity index (χ0n) is 18.7. The van der Waals surface area contributed by atoms with Gasteiger partial charge in [-0.3, -0.25) is 4.79 Å². The number of halogens is 1. The second-order valence-corrected chi connectivity index (χ2v) is 8.09. The summed E-state index contributed by atoms with van der Waals surface area (Å²) >= 11 is 6.54. The topological polar surface area (TPSA) is 59.6 Å². The lowest BCUT2D eigenvalue weighted by atomic mass is 10.1. The first-order valence-corrected chi connectivity index (χ1v) is 11.1. The van der Waals surface area contributed by atoms with Gasteiger partial charge >= 0.3 is 0 Å². The average molecular weight is 453 g/mol. The molecule has 0 heterocycles. The Labute approximate surface area is 194 Å². The largest absolute Gasteiger partial charge is 0.490 e. The van der Waals surface area contributed by atoms with Crippen molar-refractivity contribution in [2.75, 3.05) is 17.2 Å². The fraction of sp³-hybridized carbons (Fsp3) is 0.269. The molecule has 3 aromatic carbocycles. The number of carbonyl (C=O) groups excluding carboxylic acids is 1. The van der Waals surface area contributed by atoms with Gasteiger partial charge in [0.05, 0.1) is 11.6 Å². The Balaban J connectivity index is 1.65. The molecule has 0 aliphatic heterocycles. The summed E-state index contributed by atoms with van der Waals surface area (Å²) in [6.07, 6.45) is 0. The molecule has 2 N–H and O–H groups in total. The van der Waals surface area contributed by atoms with Crippen LogP contribution in [-0.4, -0.2) is 12.5 Å². The van der Waals surface area contributed by atoms with Crippen molar-refractivity contribution >= 4 is 28.9 Å². The number of nitrogens with one attached hydrogen (secondary N) is 2. The second kappa shape index (κ2) is 11.4. The van der Waals surface area contributed by atoms with Gasteiger partial charge in [0.2, 0.25) is 5.91 Å². The molecule has 1 amide bonds. The normalized spacial score (nSPS) is 10.7. The fourth-order valence-corrected chi connectivity index (χ4v) is 3.31. The molecule has 0 spiro atoms. The molecule has 6 heteroatoms. The van der Waals surface area contributed by atoms with Gasteiger partial charge in [-0.05, 0) is 54.4 Å². The number of benzene rings is 3. The molecule has 0 aliphatic rings. The van der Waals surface area contributed by atoms with E-state index in [0.717, 1.165) is 22.5 Å². The van der Waals surface area contributed by atoms with E-state index < -0.39 is 0 Å². The van der Waals surface area contributed by atoms with E-state index in [1.807, 2.05) is 87.5 Å². The molecule has 0 unspecified atom stereocenters. The van der Waals surface area contributed by atoms with Crippen LogP contribution in [0.5, 0.6) is 11.5 Å². The van der Waals surface area contributed by atoms with Crippen LogP contribution in [0.2, 0.25) is 5.02 Å². The number of hydrogen-bond donors (Lipinski definition) is 2. The van der Waals surface area contributed by atoms with E-state index >= 15 is 0 Å². The molecule has 3 rings (SSSR count). The fourth-order valence-electron chi connectivity index (χ4n) is 3.02. The maximum absolute atomic E-state index is 11.8. The van der Waals surface area contributed by atoms with Crippen LogP contribution in [0.4, 0.5) is 11.4 Å². The van der Waals surface area contributed by atoms with Crippen LogP contribution in [0, 0.1) is 5.92 Å². The lowest BCUT2D eigenvalue weighted by molar-refractivity contribution is -0.118. The Morgan fingerprint density at radius 1 is 0.938 bits per heavy atom. The third-order valence-corrected chi connectivity index (χ3v) is 5.05. The summed E-state index contributed by atoms with van der Waals surface area (Å²) in [5, 5.41) is 6.77. The summed E-state index contributed by atoms with van der Waals surface area (Å²) in [5.74, 6) is 1.11. The van der Waals surface area contributed by atoms with Crippen molar-refractivity contribution < 1.29 is 14.3 Å². The van der Waals surface area contributed by atoms with Crippen LogP contribution in [0.15, 0.2) is 66.7 Å². The van der Waals surface area contributed by atoms with E-state index in [2.05, 4.69) is 10.6 Å². The number of carbonyl (C=O) groups is 1. The molecule has 3 aromatic rings. The van der Waals surface area contributed by atoms with Gasteiger partial charge in [-0.15, -0.1) is 0 Å². The van der Waals surface area contributed by atoms with Gasteiger partial charge in [0, 0.05) is 23.8 Å². The monoisotopic (exact) mass is 452 g/mol. The summed E-state index contributed by atoms with van der Waals surface area (Å²) in [6, 6.07) is 21.4. The maximum Gasteiger partial charge on any atom is 0.226 e. The van der Waals surface area contributed by atoms with Crippen molar-refractivity contribution in [2.45, 2.75) is 33.9 Å². The predicted octanol–water partition coefficient (Wildman–Crippen LogP) is 6.52. The highest BCUT2D eigenvalue weighted by Gasteiger charge is 2.13. The standard InChI is InChI=1S/C26H29ClN2O3/c1-4-31-24-15-20(14-23(27)25(24)32-17-19-8-6-5-7-9-19)16-28-21-10-12-22(13-11-21)29-26(30)18(2)3/h5-15,18,28H,4,16-17H2,1-3H3,(H,29,30). The Morgan fingerprint density at radius 2 is 1.62 bits per heavy atom. The van der Waals surface area contributed by atoms with Gasteiger partial charge in [0.1, 0.15) is 6.61 Å². The minimum Gasteiger partial charge on any atom is -0.490 e. The van der Waals surface area contributed by atoms with E-state index in [9.17, 15) is 4.79 Å². The third kappa shape index (κ3) is 6.66. The van der Waals surface area contributed by atoms with Crippen molar-refractivity contribution in [1.82, 2.24) is 0 Å². The highest BCUT2D eigenvalue weighted by molar-refractivity contribution is 6.32. The first-order chi connectivity index (χ1) is 15.5. The Hall–Kier alpha value is -3.18. The summed E-state index contributed by atoms with van der Waals surface area (Å²) in [4.78, 5) is 11.8. The highest BCUT2D eigenvalue weighted by atomic mass is 35.5. The van der Waals surface area contributed by atoms with E-state index in [4.69, 9.17) is 21.1 Å². The van der Waals surface area contributed by atoms with Gasteiger partial charge in [0.15, 0.2) is 11.5 Å². The minimum absolute atomic E-state index is 0.00150. The number of amides is 1. The van der Waals surface area contributed by atoms with E-state index in [1.165, 1.54) is 0 Å². The van der Waals surface area contributed by atoms with Crippen molar-refractivity contribution in [1.29, 1.82) is 0 Å². The molecule has 0 radical (unpaired) electrons. The summed E-state index contributed by atoms with van der Waals surface area (Å²) < 4.78 is 11.8. The molecule has 0 fully saturated rings.